The second-order valence-corrected chi connectivity index (χ2v) is 6.35. The Labute approximate surface area is 165 Å². The summed E-state index contributed by atoms with van der Waals surface area (Å²) in [6.07, 6.45) is 3.13. The van der Waals surface area contributed by atoms with E-state index in [1.807, 2.05) is 0 Å². The summed E-state index contributed by atoms with van der Waals surface area (Å²) in [6.45, 7) is 0.261. The van der Waals surface area contributed by atoms with Crippen LogP contribution in [0.1, 0.15) is 17.0 Å². The van der Waals surface area contributed by atoms with Crippen LogP contribution in [0.4, 0.5) is 0 Å². The van der Waals surface area contributed by atoms with Crippen LogP contribution in [0.15, 0.2) is 69.5 Å². The Morgan fingerprint density at radius 3 is 2.69 bits per heavy atom. The van der Waals surface area contributed by atoms with Crippen molar-refractivity contribution in [2.24, 2.45) is 5.73 Å². The van der Waals surface area contributed by atoms with E-state index in [0.717, 1.165) is 0 Å². The van der Waals surface area contributed by atoms with Gasteiger partial charge in [-0.3, -0.25) is 9.78 Å². The molecule has 29 heavy (non-hydrogen) atoms. The standard InChI is InChI=1S/C21H18N2O6/c1-26-10-11-27-20(25)17-15(12-6-8-23-9-7-12)16-18(24)13-4-2-3-5-14(13)28-21(16)29-19(17)22/h2-9,15H,10-11,22H2,1H3/t15-/m0/s1. The topological polar surface area (TPSA) is 114 Å². The molecule has 3 aromatic rings. The zero-order chi connectivity index (χ0) is 20.4. The number of pyridine rings is 1. The molecule has 0 bridgehead atoms. The number of esters is 1. The zero-order valence-electron chi connectivity index (χ0n) is 15.6. The van der Waals surface area contributed by atoms with Crippen LogP contribution in [0, 0.1) is 0 Å². The zero-order valence-corrected chi connectivity index (χ0v) is 15.6. The number of ether oxygens (including phenoxy) is 3. The maximum absolute atomic E-state index is 13.3. The predicted molar refractivity (Wildman–Crippen MR) is 103 cm³/mol. The molecule has 8 heteroatoms. The molecule has 0 aliphatic carbocycles. The SMILES string of the molecule is COCCOC(=O)C1=C(N)Oc2oc3ccccc3c(=O)c2[C@@H]1c1ccncc1. The van der Waals surface area contributed by atoms with Crippen molar-refractivity contribution in [3.8, 4) is 5.95 Å². The molecule has 0 spiro atoms. The molecule has 1 atom stereocenters. The molecular formula is C21H18N2O6. The first-order valence-electron chi connectivity index (χ1n) is 8.91. The molecule has 1 aliphatic rings. The van der Waals surface area contributed by atoms with Gasteiger partial charge in [0.05, 0.1) is 23.5 Å². The molecule has 3 heterocycles. The maximum atomic E-state index is 13.3. The number of carbonyl (C=O) groups excluding carboxylic acids is 1. The molecule has 0 unspecified atom stereocenters. The van der Waals surface area contributed by atoms with Crippen LogP contribution in [-0.4, -0.2) is 31.3 Å². The number of hydrogen-bond donors (Lipinski definition) is 1. The monoisotopic (exact) mass is 394 g/mol. The van der Waals surface area contributed by atoms with E-state index in [1.165, 1.54) is 7.11 Å². The first-order chi connectivity index (χ1) is 14.1. The van der Waals surface area contributed by atoms with Crippen molar-refractivity contribution in [2.45, 2.75) is 5.92 Å². The second-order valence-electron chi connectivity index (χ2n) is 6.35. The fraction of sp³-hybridized carbons (Fsp3) is 0.190. The van der Waals surface area contributed by atoms with Gasteiger partial charge in [0.2, 0.25) is 11.3 Å². The van der Waals surface area contributed by atoms with Crippen LogP contribution in [0.25, 0.3) is 11.0 Å². The van der Waals surface area contributed by atoms with Gasteiger partial charge in [-0.25, -0.2) is 4.79 Å². The fourth-order valence-electron chi connectivity index (χ4n) is 3.31. The fourth-order valence-corrected chi connectivity index (χ4v) is 3.31. The molecule has 2 N–H and O–H groups in total. The number of fused-ring (bicyclic) bond motifs is 2. The Kier molecular flexibility index (Phi) is 5.01. The summed E-state index contributed by atoms with van der Waals surface area (Å²) in [4.78, 5) is 30.1. The quantitative estimate of drug-likeness (QED) is 0.517. The van der Waals surface area contributed by atoms with Crippen molar-refractivity contribution in [3.05, 3.63) is 81.6 Å². The Balaban J connectivity index is 1.92. The number of methoxy groups -OCH3 is 1. The lowest BCUT2D eigenvalue weighted by atomic mass is 9.84. The van der Waals surface area contributed by atoms with Gasteiger partial charge in [-0.05, 0) is 29.8 Å². The van der Waals surface area contributed by atoms with Gasteiger partial charge in [-0.1, -0.05) is 12.1 Å². The summed E-state index contributed by atoms with van der Waals surface area (Å²) in [6, 6.07) is 10.2. The third kappa shape index (κ3) is 3.34. The molecule has 148 valence electrons. The van der Waals surface area contributed by atoms with Crippen LogP contribution in [0.5, 0.6) is 5.95 Å². The smallest absolute Gasteiger partial charge is 0.340 e. The normalized spacial score (nSPS) is 15.7. The third-order valence-electron chi connectivity index (χ3n) is 4.62. The Hall–Kier alpha value is -3.65. The molecule has 0 saturated carbocycles. The van der Waals surface area contributed by atoms with Crippen molar-refractivity contribution in [1.82, 2.24) is 4.98 Å². The van der Waals surface area contributed by atoms with E-state index in [1.54, 1.807) is 48.8 Å². The van der Waals surface area contributed by atoms with Gasteiger partial charge in [-0.15, -0.1) is 0 Å². The molecule has 0 fully saturated rings. The Morgan fingerprint density at radius 1 is 1.17 bits per heavy atom. The van der Waals surface area contributed by atoms with Crippen molar-refractivity contribution in [1.29, 1.82) is 0 Å². The highest BCUT2D eigenvalue weighted by atomic mass is 16.6. The number of para-hydroxylation sites is 1. The molecule has 0 saturated heterocycles. The number of rotatable bonds is 5. The highest BCUT2D eigenvalue weighted by Gasteiger charge is 2.39. The van der Waals surface area contributed by atoms with E-state index in [-0.39, 0.29) is 41.6 Å². The van der Waals surface area contributed by atoms with Gasteiger partial charge in [-0.2, -0.15) is 0 Å². The van der Waals surface area contributed by atoms with Gasteiger partial charge >= 0.3 is 5.97 Å². The number of aromatic nitrogens is 1. The lowest BCUT2D eigenvalue weighted by molar-refractivity contribution is -0.140. The van der Waals surface area contributed by atoms with Crippen molar-refractivity contribution < 1.29 is 23.4 Å². The molecule has 0 radical (unpaired) electrons. The van der Waals surface area contributed by atoms with E-state index in [2.05, 4.69) is 4.98 Å². The minimum Gasteiger partial charge on any atom is -0.460 e. The lowest BCUT2D eigenvalue weighted by Crippen LogP contribution is -2.31. The van der Waals surface area contributed by atoms with Crippen LogP contribution in [-0.2, 0) is 14.3 Å². The van der Waals surface area contributed by atoms with E-state index in [4.69, 9.17) is 24.4 Å². The molecule has 8 nitrogen and oxygen atoms in total. The van der Waals surface area contributed by atoms with E-state index >= 15 is 0 Å². The van der Waals surface area contributed by atoms with Gasteiger partial charge in [0, 0.05) is 19.5 Å². The van der Waals surface area contributed by atoms with Crippen molar-refractivity contribution in [3.63, 3.8) is 0 Å². The van der Waals surface area contributed by atoms with E-state index in [9.17, 15) is 9.59 Å². The predicted octanol–water partition coefficient (Wildman–Crippen LogP) is 2.07. The second kappa shape index (κ2) is 7.76. The van der Waals surface area contributed by atoms with Gasteiger partial charge in [0.25, 0.3) is 5.95 Å². The minimum atomic E-state index is -0.822. The Morgan fingerprint density at radius 2 is 1.93 bits per heavy atom. The summed E-state index contributed by atoms with van der Waals surface area (Å²) >= 11 is 0. The number of hydrogen-bond acceptors (Lipinski definition) is 8. The Bertz CT molecular complexity index is 1150. The van der Waals surface area contributed by atoms with E-state index < -0.39 is 11.9 Å². The van der Waals surface area contributed by atoms with Crippen LogP contribution < -0.4 is 15.9 Å². The summed E-state index contributed by atoms with van der Waals surface area (Å²) in [7, 11) is 1.50. The number of nitrogens with two attached hydrogens (primary N) is 1. The van der Waals surface area contributed by atoms with Crippen molar-refractivity contribution in [2.75, 3.05) is 20.3 Å². The number of carbonyl (C=O) groups is 1. The third-order valence-corrected chi connectivity index (χ3v) is 4.62. The largest absolute Gasteiger partial charge is 0.460 e. The molecule has 4 rings (SSSR count). The van der Waals surface area contributed by atoms with E-state index in [0.29, 0.717) is 16.5 Å². The minimum absolute atomic E-state index is 0.0300. The first kappa shape index (κ1) is 18.7. The van der Waals surface area contributed by atoms with Gasteiger partial charge in [0.15, 0.2) is 0 Å². The lowest BCUT2D eigenvalue weighted by Gasteiger charge is -2.26. The summed E-state index contributed by atoms with van der Waals surface area (Å²) in [5, 5.41) is 0.376. The molecule has 1 aliphatic heterocycles. The summed E-state index contributed by atoms with van der Waals surface area (Å²) in [5.41, 5.74) is 6.97. The van der Waals surface area contributed by atoms with Gasteiger partial charge in [0.1, 0.15) is 17.8 Å². The average Bonchev–Trinajstić information content (AvgIpc) is 2.73. The van der Waals surface area contributed by atoms with Gasteiger partial charge < -0.3 is 24.4 Å². The van der Waals surface area contributed by atoms with Crippen LogP contribution in [0.2, 0.25) is 0 Å². The first-order valence-corrected chi connectivity index (χ1v) is 8.91. The summed E-state index contributed by atoms with van der Waals surface area (Å²) < 4.78 is 21.5. The molecule has 1 aromatic carbocycles. The average molecular weight is 394 g/mol. The molecule has 2 aromatic heterocycles. The van der Waals surface area contributed by atoms with Crippen LogP contribution >= 0.6 is 0 Å². The highest BCUT2D eigenvalue weighted by Crippen LogP contribution is 2.42. The maximum Gasteiger partial charge on any atom is 0.340 e. The molecule has 0 amide bonds. The molecular weight excluding hydrogens is 376 g/mol. The number of nitrogens with zero attached hydrogens (tertiary/aromatic N) is 1. The van der Waals surface area contributed by atoms with Crippen LogP contribution in [0.3, 0.4) is 0 Å². The highest BCUT2D eigenvalue weighted by molar-refractivity contribution is 5.93. The van der Waals surface area contributed by atoms with Crippen molar-refractivity contribution >= 4 is 16.9 Å². The number of benzene rings is 1. The summed E-state index contributed by atoms with van der Waals surface area (Å²) in [5.74, 6) is -1.74.